The highest BCUT2D eigenvalue weighted by molar-refractivity contribution is 8.00. The molecule has 0 radical (unpaired) electrons. The number of carboxylic acid groups (broad SMARTS) is 1. The summed E-state index contributed by atoms with van der Waals surface area (Å²) in [7, 11) is 0. The van der Waals surface area contributed by atoms with Gasteiger partial charge in [0.2, 0.25) is 5.91 Å². The highest BCUT2D eigenvalue weighted by Crippen LogP contribution is 2.20. The largest absolute Gasteiger partial charge is 0.508 e. The number of aliphatic carboxylic acids is 1. The Labute approximate surface area is 122 Å². The second kappa shape index (κ2) is 7.79. The summed E-state index contributed by atoms with van der Waals surface area (Å²) in [6.45, 7) is 3.82. The quantitative estimate of drug-likeness (QED) is 0.671. The summed E-state index contributed by atoms with van der Waals surface area (Å²) in [5.74, 6) is -0.812. The number of aromatic hydroxyl groups is 1. The number of phenolic OH excluding ortho intramolecular Hbond substituents is 1. The van der Waals surface area contributed by atoms with E-state index in [1.165, 1.54) is 11.8 Å². The molecule has 0 saturated carbocycles. The van der Waals surface area contributed by atoms with E-state index in [4.69, 9.17) is 10.2 Å². The minimum atomic E-state index is -1.01. The average molecular weight is 297 g/mol. The van der Waals surface area contributed by atoms with Crippen molar-refractivity contribution in [3.05, 3.63) is 24.3 Å². The van der Waals surface area contributed by atoms with Crippen LogP contribution in [0.4, 0.5) is 0 Å². The fourth-order valence-electron chi connectivity index (χ4n) is 1.62. The van der Waals surface area contributed by atoms with Crippen LogP contribution in [0.3, 0.4) is 0 Å². The summed E-state index contributed by atoms with van der Waals surface area (Å²) in [5, 5.41) is 20.7. The number of carbonyl (C=O) groups is 2. The van der Waals surface area contributed by atoms with Crippen LogP contribution in [-0.2, 0) is 9.59 Å². The summed E-state index contributed by atoms with van der Waals surface area (Å²) in [5.41, 5.74) is 0. The zero-order valence-corrected chi connectivity index (χ0v) is 12.3. The lowest BCUT2D eigenvalue weighted by Gasteiger charge is -2.16. The number of nitrogens with one attached hydrogen (secondary N) is 1. The number of benzene rings is 1. The van der Waals surface area contributed by atoms with Crippen LogP contribution in [0.15, 0.2) is 29.2 Å². The Balaban J connectivity index is 2.45. The molecule has 5 nitrogen and oxygen atoms in total. The van der Waals surface area contributed by atoms with Gasteiger partial charge in [0.15, 0.2) is 0 Å². The van der Waals surface area contributed by atoms with Crippen molar-refractivity contribution in [1.82, 2.24) is 5.32 Å². The number of thioether (sulfide) groups is 1. The van der Waals surface area contributed by atoms with Gasteiger partial charge < -0.3 is 15.5 Å². The van der Waals surface area contributed by atoms with Crippen molar-refractivity contribution < 1.29 is 19.8 Å². The van der Waals surface area contributed by atoms with Crippen LogP contribution >= 0.6 is 11.8 Å². The molecule has 1 atom stereocenters. The van der Waals surface area contributed by atoms with Gasteiger partial charge in [0, 0.05) is 4.90 Å². The minimum Gasteiger partial charge on any atom is -0.508 e. The van der Waals surface area contributed by atoms with Crippen molar-refractivity contribution in [2.75, 3.05) is 5.75 Å². The van der Waals surface area contributed by atoms with Gasteiger partial charge in [-0.15, -0.1) is 11.8 Å². The molecule has 1 amide bonds. The predicted molar refractivity (Wildman–Crippen MR) is 77.9 cm³/mol. The first-order chi connectivity index (χ1) is 9.38. The van der Waals surface area contributed by atoms with Crippen molar-refractivity contribution >= 4 is 23.6 Å². The van der Waals surface area contributed by atoms with Gasteiger partial charge in [0.1, 0.15) is 11.8 Å². The summed E-state index contributed by atoms with van der Waals surface area (Å²) in [4.78, 5) is 23.6. The van der Waals surface area contributed by atoms with Gasteiger partial charge in [-0.1, -0.05) is 13.8 Å². The van der Waals surface area contributed by atoms with Gasteiger partial charge in [0.05, 0.1) is 5.75 Å². The third-order valence-corrected chi connectivity index (χ3v) is 3.56. The highest BCUT2D eigenvalue weighted by atomic mass is 32.2. The van der Waals surface area contributed by atoms with Crippen molar-refractivity contribution in [3.63, 3.8) is 0 Å². The molecule has 110 valence electrons. The van der Waals surface area contributed by atoms with Gasteiger partial charge in [-0.3, -0.25) is 4.79 Å². The Morgan fingerprint density at radius 3 is 2.35 bits per heavy atom. The molecule has 0 fully saturated rings. The molecule has 1 rings (SSSR count). The first kappa shape index (κ1) is 16.4. The molecular formula is C14H19NO4S. The van der Waals surface area contributed by atoms with Crippen molar-refractivity contribution in [2.24, 2.45) is 5.92 Å². The van der Waals surface area contributed by atoms with Crippen LogP contribution in [0.5, 0.6) is 5.75 Å². The molecule has 0 aliphatic heterocycles. The van der Waals surface area contributed by atoms with E-state index in [-0.39, 0.29) is 23.3 Å². The fourth-order valence-corrected chi connectivity index (χ4v) is 2.33. The maximum absolute atomic E-state index is 11.7. The van der Waals surface area contributed by atoms with Crippen LogP contribution in [0.1, 0.15) is 20.3 Å². The zero-order chi connectivity index (χ0) is 15.1. The second-order valence-corrected chi connectivity index (χ2v) is 5.92. The number of hydrogen-bond acceptors (Lipinski definition) is 4. The summed E-state index contributed by atoms with van der Waals surface area (Å²) >= 11 is 1.29. The first-order valence-electron chi connectivity index (χ1n) is 6.32. The van der Waals surface area contributed by atoms with Crippen molar-refractivity contribution in [2.45, 2.75) is 31.2 Å². The lowest BCUT2D eigenvalue weighted by atomic mass is 10.0. The van der Waals surface area contributed by atoms with E-state index in [1.54, 1.807) is 24.3 Å². The van der Waals surface area contributed by atoms with Gasteiger partial charge in [-0.05, 0) is 36.6 Å². The molecule has 0 aliphatic carbocycles. The lowest BCUT2D eigenvalue weighted by molar-refractivity contribution is -0.141. The van der Waals surface area contributed by atoms with E-state index >= 15 is 0 Å². The number of carbonyl (C=O) groups excluding carboxylic acids is 1. The fraction of sp³-hybridized carbons (Fsp3) is 0.429. The molecule has 0 saturated heterocycles. The maximum Gasteiger partial charge on any atom is 0.326 e. The second-order valence-electron chi connectivity index (χ2n) is 4.87. The Kier molecular flexibility index (Phi) is 6.38. The van der Waals surface area contributed by atoms with Gasteiger partial charge >= 0.3 is 5.97 Å². The number of rotatable bonds is 7. The first-order valence-corrected chi connectivity index (χ1v) is 7.31. The number of phenols is 1. The van der Waals surface area contributed by atoms with Crippen LogP contribution in [0, 0.1) is 5.92 Å². The summed E-state index contributed by atoms with van der Waals surface area (Å²) in [6.07, 6.45) is 0.408. The Morgan fingerprint density at radius 1 is 1.25 bits per heavy atom. The molecule has 6 heteroatoms. The molecular weight excluding hydrogens is 278 g/mol. The van der Waals surface area contributed by atoms with Crippen LogP contribution in [0.2, 0.25) is 0 Å². The molecule has 0 aromatic heterocycles. The normalized spacial score (nSPS) is 12.2. The van der Waals surface area contributed by atoms with Crippen LogP contribution in [-0.4, -0.2) is 33.9 Å². The zero-order valence-electron chi connectivity index (χ0n) is 11.5. The van der Waals surface area contributed by atoms with E-state index in [0.717, 1.165) is 4.90 Å². The summed E-state index contributed by atoms with van der Waals surface area (Å²) < 4.78 is 0. The maximum atomic E-state index is 11.7. The summed E-state index contributed by atoms with van der Waals surface area (Å²) in [6, 6.07) is 5.65. The van der Waals surface area contributed by atoms with Gasteiger partial charge in [-0.25, -0.2) is 4.79 Å². The molecule has 0 heterocycles. The molecule has 20 heavy (non-hydrogen) atoms. The topological polar surface area (TPSA) is 86.6 Å². The van der Waals surface area contributed by atoms with Gasteiger partial charge in [-0.2, -0.15) is 0 Å². The lowest BCUT2D eigenvalue weighted by Crippen LogP contribution is -2.42. The van der Waals surface area contributed by atoms with Gasteiger partial charge in [0.25, 0.3) is 0 Å². The number of carboxylic acids is 1. The standard InChI is InChI=1S/C14H19NO4S/c1-9(2)7-12(14(18)19)15-13(17)8-20-11-5-3-10(16)4-6-11/h3-6,9,12,16H,7-8H2,1-2H3,(H,15,17)(H,18,19)/t12-/m0/s1. The van der Waals surface area contributed by atoms with E-state index < -0.39 is 12.0 Å². The Hall–Kier alpha value is -1.69. The average Bonchev–Trinajstić information content (AvgIpc) is 2.36. The smallest absolute Gasteiger partial charge is 0.326 e. The number of hydrogen-bond donors (Lipinski definition) is 3. The highest BCUT2D eigenvalue weighted by Gasteiger charge is 2.20. The monoisotopic (exact) mass is 297 g/mol. The Bertz CT molecular complexity index is 459. The van der Waals surface area contributed by atoms with Crippen LogP contribution in [0.25, 0.3) is 0 Å². The van der Waals surface area contributed by atoms with Crippen molar-refractivity contribution in [3.8, 4) is 5.75 Å². The predicted octanol–water partition coefficient (Wildman–Crippen LogP) is 2.10. The third-order valence-electron chi connectivity index (χ3n) is 2.55. The SMILES string of the molecule is CC(C)C[C@H](NC(=O)CSc1ccc(O)cc1)C(=O)O. The number of amides is 1. The molecule has 0 aliphatic rings. The van der Waals surface area contributed by atoms with E-state index in [1.807, 2.05) is 13.8 Å². The van der Waals surface area contributed by atoms with Crippen LogP contribution < -0.4 is 5.32 Å². The minimum absolute atomic E-state index is 0.145. The third kappa shape index (κ3) is 5.97. The van der Waals surface area contributed by atoms with E-state index in [2.05, 4.69) is 5.32 Å². The molecule has 1 aromatic rings. The molecule has 1 aromatic carbocycles. The van der Waals surface area contributed by atoms with E-state index in [0.29, 0.717) is 6.42 Å². The molecule has 0 unspecified atom stereocenters. The molecule has 0 bridgehead atoms. The van der Waals surface area contributed by atoms with Crippen molar-refractivity contribution in [1.29, 1.82) is 0 Å². The molecule has 0 spiro atoms. The molecule has 3 N–H and O–H groups in total. The Morgan fingerprint density at radius 2 is 1.85 bits per heavy atom. The van der Waals surface area contributed by atoms with E-state index in [9.17, 15) is 9.59 Å².